The van der Waals surface area contributed by atoms with Crippen molar-refractivity contribution in [1.29, 1.82) is 0 Å². The molecular weight excluding hydrogens is 629 g/mol. The number of hydrogen-bond acceptors (Lipinski definition) is 5. The Hall–Kier alpha value is -7.05. The number of para-hydroxylation sites is 2. The number of furan rings is 2. The van der Waals surface area contributed by atoms with E-state index in [9.17, 15) is 4.11 Å². The van der Waals surface area contributed by atoms with E-state index < -0.39 is 60.4 Å². The van der Waals surface area contributed by atoms with Crippen molar-refractivity contribution in [3.63, 3.8) is 0 Å². The van der Waals surface area contributed by atoms with Crippen molar-refractivity contribution in [3.8, 4) is 39.9 Å². The largest absolute Gasteiger partial charge is 0.456 e. The first-order valence-electron chi connectivity index (χ1n) is 21.1. The lowest BCUT2D eigenvalue weighted by molar-refractivity contribution is 0.669. The third kappa shape index (κ3) is 4.20. The zero-order chi connectivity index (χ0) is 42.2. The molecule has 0 radical (unpaired) electrons. The van der Waals surface area contributed by atoms with Gasteiger partial charge in [-0.25, -0.2) is 4.98 Å². The minimum Gasteiger partial charge on any atom is -0.456 e. The molecule has 0 aliphatic rings. The lowest BCUT2D eigenvalue weighted by Gasteiger charge is -2.11. The molecule has 0 spiro atoms. The Bertz CT molecular complexity index is 3720. The summed E-state index contributed by atoms with van der Waals surface area (Å²) in [6.07, 6.45) is 0. The monoisotopic (exact) mass is 664 g/mol. The molecule has 6 heteroatoms. The highest BCUT2D eigenvalue weighted by Gasteiger charge is 2.22. The van der Waals surface area contributed by atoms with Crippen LogP contribution in [0.15, 0.2) is 166 Å². The maximum atomic E-state index is 9.35. The standard InChI is InChI=1S/C45H26N4O2/c1-3-12-27(13-4-1)30-18-11-21-38-40(30)35-23-22-29(26-39(35)50-38)44-46-43(28-14-5-2-6-15-28)47-45(48-44)49-36-19-9-7-16-31(36)33-24-25-34-32-17-8-10-20-37(32)51-42(34)41(33)49/h1-26H/i7D,8D,9D,10D,16D,17D,19D,20D,24D,25D. The van der Waals surface area contributed by atoms with Gasteiger partial charge in [-0.3, -0.25) is 4.57 Å². The Morgan fingerprint density at radius 2 is 1.22 bits per heavy atom. The van der Waals surface area contributed by atoms with Gasteiger partial charge in [-0.1, -0.05) is 121 Å². The van der Waals surface area contributed by atoms with E-state index in [-0.39, 0.29) is 61.3 Å². The SMILES string of the molecule is [2H]c1c([2H])c([2H])c2c(oc3c2c([2H])c([2H])c2c4c([2H])c([2H])c([2H])c([2H])c4n(-c4nc(-c5ccccc5)nc(-c5ccc6c(c5)oc5cccc(-c7ccccc7)c56)n4)c32)c1[2H]. The van der Waals surface area contributed by atoms with Crippen molar-refractivity contribution in [3.05, 3.63) is 157 Å². The molecule has 0 atom stereocenters. The topological polar surface area (TPSA) is 69.9 Å². The first kappa shape index (κ1) is 19.8. The van der Waals surface area contributed by atoms with Crippen LogP contribution in [-0.4, -0.2) is 19.5 Å². The summed E-state index contributed by atoms with van der Waals surface area (Å²) in [6, 6.07) is 25.5. The highest BCUT2D eigenvalue weighted by Crippen LogP contribution is 2.41. The normalized spacial score (nSPS) is 14.7. The molecule has 0 aliphatic carbocycles. The summed E-state index contributed by atoms with van der Waals surface area (Å²) in [5.74, 6) is 0.258. The Morgan fingerprint density at radius 1 is 0.490 bits per heavy atom. The molecule has 0 amide bonds. The molecule has 0 saturated heterocycles. The first-order valence-corrected chi connectivity index (χ1v) is 16.1. The van der Waals surface area contributed by atoms with Gasteiger partial charge in [0.2, 0.25) is 5.95 Å². The molecule has 0 N–H and O–H groups in total. The zero-order valence-electron chi connectivity index (χ0n) is 36.3. The Kier molecular flexibility index (Phi) is 4.17. The fourth-order valence-corrected chi connectivity index (χ4v) is 6.90. The molecule has 0 fully saturated rings. The van der Waals surface area contributed by atoms with E-state index in [0.29, 0.717) is 22.3 Å². The molecule has 4 aromatic heterocycles. The van der Waals surface area contributed by atoms with Gasteiger partial charge in [0.05, 0.1) is 19.2 Å². The summed E-state index contributed by atoms with van der Waals surface area (Å²) >= 11 is 0. The predicted octanol–water partition coefficient (Wildman–Crippen LogP) is 11.8. The fourth-order valence-electron chi connectivity index (χ4n) is 6.90. The highest BCUT2D eigenvalue weighted by molar-refractivity contribution is 6.21. The van der Waals surface area contributed by atoms with Crippen LogP contribution >= 0.6 is 0 Å². The summed E-state index contributed by atoms with van der Waals surface area (Å²) < 4.78 is 102. The van der Waals surface area contributed by atoms with Gasteiger partial charge in [-0.2, -0.15) is 9.97 Å². The molecule has 0 unspecified atom stereocenters. The van der Waals surface area contributed by atoms with Crippen molar-refractivity contribution in [2.45, 2.75) is 0 Å². The fraction of sp³-hybridized carbons (Fsp3) is 0. The summed E-state index contributed by atoms with van der Waals surface area (Å²) in [5, 5.41) is 1.42. The van der Waals surface area contributed by atoms with Crippen LogP contribution in [0.25, 0.3) is 106 Å². The molecule has 51 heavy (non-hydrogen) atoms. The van der Waals surface area contributed by atoms with E-state index in [4.69, 9.17) is 33.4 Å². The Labute approximate surface area is 304 Å². The summed E-state index contributed by atoms with van der Waals surface area (Å²) in [4.78, 5) is 14.8. The van der Waals surface area contributed by atoms with Gasteiger partial charge in [0.25, 0.3) is 0 Å². The summed E-state index contributed by atoms with van der Waals surface area (Å²) in [6.45, 7) is 0. The molecule has 0 aliphatic heterocycles. The van der Waals surface area contributed by atoms with Crippen molar-refractivity contribution in [1.82, 2.24) is 19.5 Å². The predicted molar refractivity (Wildman–Crippen MR) is 205 cm³/mol. The third-order valence-corrected chi connectivity index (χ3v) is 9.16. The van der Waals surface area contributed by atoms with Gasteiger partial charge < -0.3 is 8.83 Å². The van der Waals surface area contributed by atoms with E-state index in [2.05, 4.69) is 0 Å². The van der Waals surface area contributed by atoms with Gasteiger partial charge in [-0.05, 0) is 47.5 Å². The zero-order valence-corrected chi connectivity index (χ0v) is 26.3. The van der Waals surface area contributed by atoms with Crippen LogP contribution in [0.1, 0.15) is 13.7 Å². The van der Waals surface area contributed by atoms with E-state index in [1.807, 2.05) is 97.1 Å². The quantitative estimate of drug-likeness (QED) is 0.187. The van der Waals surface area contributed by atoms with Crippen LogP contribution in [-0.2, 0) is 0 Å². The maximum Gasteiger partial charge on any atom is 0.238 e. The molecule has 7 aromatic carbocycles. The van der Waals surface area contributed by atoms with Crippen LogP contribution in [0.5, 0.6) is 0 Å². The average Bonchev–Trinajstić information content (AvgIpc) is 3.99. The lowest BCUT2D eigenvalue weighted by atomic mass is 9.99. The van der Waals surface area contributed by atoms with Crippen LogP contribution in [0.3, 0.4) is 0 Å². The van der Waals surface area contributed by atoms with E-state index in [0.717, 1.165) is 21.9 Å². The molecular formula is C45H26N4O2. The number of hydrogen-bond donors (Lipinski definition) is 0. The minimum atomic E-state index is -0.567. The van der Waals surface area contributed by atoms with E-state index in [1.54, 1.807) is 0 Å². The molecule has 0 saturated carbocycles. The van der Waals surface area contributed by atoms with Crippen molar-refractivity contribution < 1.29 is 22.5 Å². The smallest absolute Gasteiger partial charge is 0.238 e. The van der Waals surface area contributed by atoms with Gasteiger partial charge in [0.1, 0.15) is 22.3 Å². The van der Waals surface area contributed by atoms with Gasteiger partial charge in [0, 0.05) is 43.4 Å². The molecule has 0 bridgehead atoms. The lowest BCUT2D eigenvalue weighted by Crippen LogP contribution is -2.06. The second-order valence-corrected chi connectivity index (χ2v) is 12.0. The van der Waals surface area contributed by atoms with Gasteiger partial charge in [-0.15, -0.1) is 0 Å². The van der Waals surface area contributed by atoms with E-state index >= 15 is 0 Å². The second kappa shape index (κ2) is 10.7. The van der Waals surface area contributed by atoms with Crippen LogP contribution in [0, 0.1) is 0 Å². The number of nitrogens with zero attached hydrogens (tertiary/aromatic N) is 4. The van der Waals surface area contributed by atoms with E-state index in [1.165, 1.54) is 4.57 Å². The van der Waals surface area contributed by atoms with Crippen LogP contribution in [0.2, 0.25) is 0 Å². The van der Waals surface area contributed by atoms with Crippen LogP contribution in [0.4, 0.5) is 0 Å². The maximum absolute atomic E-state index is 9.35. The molecule has 238 valence electrons. The second-order valence-electron chi connectivity index (χ2n) is 12.0. The summed E-state index contributed by atoms with van der Waals surface area (Å²) in [7, 11) is 0. The minimum absolute atomic E-state index is 0.0246. The average molecular weight is 665 g/mol. The van der Waals surface area contributed by atoms with Crippen molar-refractivity contribution >= 4 is 65.7 Å². The Morgan fingerprint density at radius 3 is 2.06 bits per heavy atom. The highest BCUT2D eigenvalue weighted by atomic mass is 16.3. The molecule has 11 aromatic rings. The number of rotatable bonds is 4. The van der Waals surface area contributed by atoms with Gasteiger partial charge >= 0.3 is 0 Å². The first-order chi connectivity index (χ1) is 29.4. The molecule has 4 heterocycles. The number of aromatic nitrogens is 4. The molecule has 6 nitrogen and oxygen atoms in total. The van der Waals surface area contributed by atoms with Crippen molar-refractivity contribution in [2.24, 2.45) is 0 Å². The number of fused-ring (bicyclic) bond motifs is 10. The third-order valence-electron chi connectivity index (χ3n) is 9.16. The van der Waals surface area contributed by atoms with Crippen LogP contribution < -0.4 is 0 Å². The van der Waals surface area contributed by atoms with Crippen molar-refractivity contribution in [2.75, 3.05) is 0 Å². The summed E-state index contributed by atoms with van der Waals surface area (Å²) in [5.41, 5.74) is 3.88. The Balaban J connectivity index is 1.27. The van der Waals surface area contributed by atoms with Gasteiger partial charge in [0.15, 0.2) is 17.2 Å². The number of benzene rings is 7. The molecule has 11 rings (SSSR count).